The molecule has 0 heterocycles. The number of alkyl halides is 3. The van der Waals surface area contributed by atoms with Gasteiger partial charge in [-0.15, -0.1) is 0 Å². The fourth-order valence-corrected chi connectivity index (χ4v) is 2.30. The van der Waals surface area contributed by atoms with Crippen molar-refractivity contribution in [2.45, 2.75) is 50.7 Å². The molecule has 0 aliphatic carbocycles. The first-order valence-electron chi connectivity index (χ1n) is 7.25. The topological polar surface area (TPSA) is 55.8 Å². The number of hydrogen-bond donors (Lipinski definition) is 1. The maximum Gasteiger partial charge on any atom is 0.432 e. The molecule has 0 saturated heterocycles. The predicted octanol–water partition coefficient (Wildman–Crippen LogP) is 3.18. The highest BCUT2D eigenvalue weighted by Gasteiger charge is 2.64. The fraction of sp³-hybridized carbons (Fsp3) is 0.562. The van der Waals surface area contributed by atoms with E-state index in [0.29, 0.717) is 0 Å². The highest BCUT2D eigenvalue weighted by molar-refractivity contribution is 5.82. The number of rotatable bonds is 7. The number of methoxy groups -OCH3 is 1. The van der Waals surface area contributed by atoms with E-state index in [1.165, 1.54) is 25.1 Å². The summed E-state index contributed by atoms with van der Waals surface area (Å²) in [6.07, 6.45) is -6.29. The van der Waals surface area contributed by atoms with E-state index in [0.717, 1.165) is 19.2 Å². The summed E-state index contributed by atoms with van der Waals surface area (Å²) in [5, 5.41) is 9.36. The summed E-state index contributed by atoms with van der Waals surface area (Å²) in [7, 11) is 0.817. The van der Waals surface area contributed by atoms with Crippen LogP contribution in [0.3, 0.4) is 0 Å². The summed E-state index contributed by atoms with van der Waals surface area (Å²) in [6, 6.07) is 6.63. The number of carbonyl (C=O) groups excluding carboxylic acids is 1. The van der Waals surface area contributed by atoms with Crippen LogP contribution >= 0.6 is 0 Å². The fourth-order valence-electron chi connectivity index (χ4n) is 2.30. The third kappa shape index (κ3) is 4.23. The molecule has 0 aliphatic heterocycles. The second-order valence-electron chi connectivity index (χ2n) is 5.27. The van der Waals surface area contributed by atoms with Gasteiger partial charge in [-0.2, -0.15) is 13.2 Å². The average Bonchev–Trinajstić information content (AvgIpc) is 2.47. The number of esters is 1. The molecule has 0 bridgehead atoms. The zero-order chi connectivity index (χ0) is 17.7. The second-order valence-corrected chi connectivity index (χ2v) is 5.27. The van der Waals surface area contributed by atoms with Crippen LogP contribution < -0.4 is 0 Å². The first-order valence-corrected chi connectivity index (χ1v) is 7.25. The van der Waals surface area contributed by atoms with Crippen molar-refractivity contribution in [2.24, 2.45) is 0 Å². The van der Waals surface area contributed by atoms with Crippen LogP contribution in [-0.2, 0) is 19.9 Å². The van der Waals surface area contributed by atoms with Crippen LogP contribution in [-0.4, -0.2) is 36.6 Å². The molecule has 0 radical (unpaired) electrons. The molecule has 0 aliphatic rings. The van der Waals surface area contributed by atoms with Gasteiger partial charge in [-0.3, -0.25) is 0 Å². The number of hydrogen-bond acceptors (Lipinski definition) is 4. The van der Waals surface area contributed by atoms with E-state index in [-0.39, 0.29) is 18.4 Å². The molecular formula is C16H21F3O4. The Morgan fingerprint density at radius 2 is 1.83 bits per heavy atom. The molecular weight excluding hydrogens is 313 g/mol. The molecule has 1 aromatic rings. The molecule has 7 heteroatoms. The van der Waals surface area contributed by atoms with Crippen LogP contribution in [0, 0.1) is 0 Å². The molecule has 23 heavy (non-hydrogen) atoms. The Bertz CT molecular complexity index is 502. The van der Waals surface area contributed by atoms with Gasteiger partial charge in [0.25, 0.3) is 5.60 Å². The number of carbonyl (C=O) groups is 1. The Morgan fingerprint density at radius 3 is 2.22 bits per heavy atom. The van der Waals surface area contributed by atoms with Crippen LogP contribution in [0.15, 0.2) is 30.3 Å². The van der Waals surface area contributed by atoms with Gasteiger partial charge in [-0.25, -0.2) is 4.79 Å². The van der Waals surface area contributed by atoms with Crippen molar-refractivity contribution >= 4 is 5.97 Å². The maximum absolute atomic E-state index is 13.7. The number of aliphatic hydroxyl groups excluding tert-OH is 1. The summed E-state index contributed by atoms with van der Waals surface area (Å²) >= 11 is 0. The minimum atomic E-state index is -5.00. The van der Waals surface area contributed by atoms with E-state index >= 15 is 0 Å². The molecule has 3 atom stereocenters. The maximum atomic E-state index is 13.7. The summed E-state index contributed by atoms with van der Waals surface area (Å²) in [5.74, 6) is -1.54. The van der Waals surface area contributed by atoms with Crippen LogP contribution in [0.5, 0.6) is 0 Å². The zero-order valence-electron chi connectivity index (χ0n) is 13.3. The van der Waals surface area contributed by atoms with Crippen molar-refractivity contribution < 1.29 is 32.5 Å². The van der Waals surface area contributed by atoms with Crippen LogP contribution in [0.25, 0.3) is 0 Å². The van der Waals surface area contributed by atoms with E-state index in [1.54, 1.807) is 6.92 Å². The van der Waals surface area contributed by atoms with Crippen molar-refractivity contribution in [3.05, 3.63) is 35.9 Å². The van der Waals surface area contributed by atoms with Crippen molar-refractivity contribution in [1.29, 1.82) is 0 Å². The molecule has 0 saturated carbocycles. The van der Waals surface area contributed by atoms with Gasteiger partial charge in [-0.1, -0.05) is 37.3 Å². The molecule has 130 valence electrons. The van der Waals surface area contributed by atoms with Crippen molar-refractivity contribution in [2.75, 3.05) is 7.11 Å². The van der Waals surface area contributed by atoms with Crippen molar-refractivity contribution in [1.82, 2.24) is 0 Å². The van der Waals surface area contributed by atoms with Gasteiger partial charge in [0.2, 0.25) is 0 Å². The van der Waals surface area contributed by atoms with Gasteiger partial charge in [0.05, 0.1) is 6.10 Å². The predicted molar refractivity (Wildman–Crippen MR) is 77.7 cm³/mol. The first kappa shape index (κ1) is 19.4. The lowest BCUT2D eigenvalue weighted by Crippen LogP contribution is -2.52. The van der Waals surface area contributed by atoms with Gasteiger partial charge < -0.3 is 14.6 Å². The summed E-state index contributed by atoms with van der Waals surface area (Å²) < 4.78 is 50.6. The van der Waals surface area contributed by atoms with E-state index < -0.39 is 30.0 Å². The van der Waals surface area contributed by atoms with Gasteiger partial charge in [0.15, 0.2) is 0 Å². The molecule has 0 spiro atoms. The minimum absolute atomic E-state index is 0.0503. The Balaban J connectivity index is 3.22. The summed E-state index contributed by atoms with van der Waals surface area (Å²) in [5.41, 5.74) is -3.55. The molecule has 0 fully saturated rings. The molecule has 4 nitrogen and oxygen atoms in total. The zero-order valence-corrected chi connectivity index (χ0v) is 13.3. The highest BCUT2D eigenvalue weighted by Crippen LogP contribution is 2.43. The van der Waals surface area contributed by atoms with Gasteiger partial charge in [0, 0.05) is 19.1 Å². The lowest BCUT2D eigenvalue weighted by Gasteiger charge is -2.33. The van der Waals surface area contributed by atoms with Crippen LogP contribution in [0.2, 0.25) is 0 Å². The van der Waals surface area contributed by atoms with E-state index in [9.17, 15) is 23.1 Å². The smallest absolute Gasteiger partial charge is 0.432 e. The number of benzene rings is 1. The van der Waals surface area contributed by atoms with Gasteiger partial charge in [0.1, 0.15) is 6.10 Å². The van der Waals surface area contributed by atoms with Crippen molar-refractivity contribution in [3.63, 3.8) is 0 Å². The van der Waals surface area contributed by atoms with E-state index in [2.05, 4.69) is 4.74 Å². The number of ether oxygens (including phenoxy) is 2. The minimum Gasteiger partial charge on any atom is -0.460 e. The largest absolute Gasteiger partial charge is 0.460 e. The average molecular weight is 334 g/mol. The molecule has 0 amide bonds. The first-order chi connectivity index (χ1) is 10.7. The Kier molecular flexibility index (Phi) is 6.58. The standard InChI is InChI=1S/C16H21F3O4/c1-4-13(10-11(2)20)23-14(21)15(22-3,16(17,18)19)12-8-6-5-7-9-12/h5-9,11,13,20H,4,10H2,1-3H3/t11-,13-,15-/m0/s1. The molecule has 0 aromatic heterocycles. The second kappa shape index (κ2) is 7.79. The van der Waals surface area contributed by atoms with Gasteiger partial charge in [-0.05, 0) is 13.3 Å². The molecule has 1 aromatic carbocycles. The Morgan fingerprint density at radius 1 is 1.26 bits per heavy atom. The summed E-state index contributed by atoms with van der Waals surface area (Å²) in [4.78, 5) is 12.3. The lowest BCUT2D eigenvalue weighted by atomic mass is 9.92. The van der Waals surface area contributed by atoms with Crippen LogP contribution in [0.4, 0.5) is 13.2 Å². The van der Waals surface area contributed by atoms with Gasteiger partial charge >= 0.3 is 12.1 Å². The monoisotopic (exact) mass is 334 g/mol. The Labute approximate surface area is 133 Å². The number of aliphatic hydroxyl groups is 1. The molecule has 0 unspecified atom stereocenters. The highest BCUT2D eigenvalue weighted by atomic mass is 19.4. The molecule has 1 rings (SSSR count). The van der Waals surface area contributed by atoms with Crippen molar-refractivity contribution in [3.8, 4) is 0 Å². The third-order valence-corrected chi connectivity index (χ3v) is 3.51. The quantitative estimate of drug-likeness (QED) is 0.778. The Hall–Kier alpha value is -1.60. The van der Waals surface area contributed by atoms with Crippen LogP contribution in [0.1, 0.15) is 32.3 Å². The SMILES string of the molecule is CC[C@@H](C[C@H](C)O)OC(=O)[C@@](OC)(c1ccccc1)C(F)(F)F. The third-order valence-electron chi connectivity index (χ3n) is 3.51. The molecule has 1 N–H and O–H groups in total. The summed E-state index contributed by atoms with van der Waals surface area (Å²) in [6.45, 7) is 3.13. The lowest BCUT2D eigenvalue weighted by molar-refractivity contribution is -0.278. The normalized spacial score (nSPS) is 17.2. The van der Waals surface area contributed by atoms with E-state index in [4.69, 9.17) is 4.74 Å². The van der Waals surface area contributed by atoms with E-state index in [1.807, 2.05) is 0 Å². The number of halogens is 3.